The zero-order valence-electron chi connectivity index (χ0n) is 10.8. The number of thioether (sulfide) groups is 1. The van der Waals surface area contributed by atoms with Gasteiger partial charge in [-0.15, -0.1) is 11.3 Å². The molecular formula is C12H10FN3O3S2. The molecule has 0 fully saturated rings. The standard InChI is InChI=1S/C12H10FN3O3S2/c1-7-5-20-12(14-7)21-6-11(17)15-8-2-3-9(13)10(4-8)16(18)19/h2-5H,6H2,1H3,(H,15,17). The van der Waals surface area contributed by atoms with Crippen LogP contribution in [0.5, 0.6) is 0 Å². The lowest BCUT2D eigenvalue weighted by Crippen LogP contribution is -2.14. The molecule has 2 rings (SSSR count). The van der Waals surface area contributed by atoms with Crippen LogP contribution in [0.25, 0.3) is 0 Å². The number of hydrogen-bond acceptors (Lipinski definition) is 6. The monoisotopic (exact) mass is 327 g/mol. The second-order valence-electron chi connectivity index (χ2n) is 4.01. The summed E-state index contributed by atoms with van der Waals surface area (Å²) in [6.07, 6.45) is 0. The highest BCUT2D eigenvalue weighted by atomic mass is 32.2. The van der Waals surface area contributed by atoms with Crippen LogP contribution in [0.1, 0.15) is 5.69 Å². The highest BCUT2D eigenvalue weighted by molar-refractivity contribution is 8.01. The maximum Gasteiger partial charge on any atom is 0.306 e. The second-order valence-corrected chi connectivity index (χ2v) is 6.10. The number of aryl methyl sites for hydroxylation is 1. The van der Waals surface area contributed by atoms with Gasteiger partial charge >= 0.3 is 5.69 Å². The Balaban J connectivity index is 1.96. The summed E-state index contributed by atoms with van der Waals surface area (Å²) in [7, 11) is 0. The van der Waals surface area contributed by atoms with Gasteiger partial charge in [-0.2, -0.15) is 4.39 Å². The number of nitro groups is 1. The van der Waals surface area contributed by atoms with Gasteiger partial charge in [0.1, 0.15) is 0 Å². The van der Waals surface area contributed by atoms with Gasteiger partial charge in [-0.1, -0.05) is 11.8 Å². The van der Waals surface area contributed by atoms with Crippen LogP contribution in [0, 0.1) is 22.9 Å². The summed E-state index contributed by atoms with van der Waals surface area (Å²) >= 11 is 2.71. The van der Waals surface area contributed by atoms with E-state index in [-0.39, 0.29) is 17.3 Å². The number of amides is 1. The average molecular weight is 327 g/mol. The van der Waals surface area contributed by atoms with Crippen LogP contribution in [-0.2, 0) is 4.79 Å². The number of carbonyl (C=O) groups excluding carboxylic acids is 1. The fourth-order valence-electron chi connectivity index (χ4n) is 1.45. The van der Waals surface area contributed by atoms with Crippen molar-refractivity contribution in [2.24, 2.45) is 0 Å². The van der Waals surface area contributed by atoms with Gasteiger partial charge in [0.2, 0.25) is 11.7 Å². The van der Waals surface area contributed by atoms with Gasteiger partial charge in [-0.3, -0.25) is 14.9 Å². The Labute approximate surface area is 127 Å². The van der Waals surface area contributed by atoms with Crippen molar-refractivity contribution in [2.45, 2.75) is 11.3 Å². The molecule has 1 amide bonds. The molecule has 0 radical (unpaired) electrons. The topological polar surface area (TPSA) is 85.1 Å². The van der Waals surface area contributed by atoms with Crippen molar-refractivity contribution in [3.8, 4) is 0 Å². The van der Waals surface area contributed by atoms with Crippen molar-refractivity contribution in [2.75, 3.05) is 11.1 Å². The molecule has 0 aliphatic carbocycles. The van der Waals surface area contributed by atoms with Gasteiger partial charge in [0, 0.05) is 22.8 Å². The van der Waals surface area contributed by atoms with Crippen LogP contribution in [0.3, 0.4) is 0 Å². The van der Waals surface area contributed by atoms with Crippen molar-refractivity contribution < 1.29 is 14.1 Å². The minimum absolute atomic E-state index is 0.123. The molecule has 0 aliphatic heterocycles. The van der Waals surface area contributed by atoms with E-state index in [1.807, 2.05) is 12.3 Å². The molecule has 0 aliphatic rings. The van der Waals surface area contributed by atoms with Crippen LogP contribution < -0.4 is 5.32 Å². The molecule has 1 N–H and O–H groups in total. The summed E-state index contributed by atoms with van der Waals surface area (Å²) in [6.45, 7) is 1.86. The van der Waals surface area contributed by atoms with E-state index < -0.39 is 16.4 Å². The molecule has 0 bridgehead atoms. The van der Waals surface area contributed by atoms with Crippen LogP contribution >= 0.6 is 23.1 Å². The summed E-state index contributed by atoms with van der Waals surface area (Å²) in [5.74, 6) is -1.16. The third-order valence-corrected chi connectivity index (χ3v) is 4.49. The van der Waals surface area contributed by atoms with E-state index in [1.54, 1.807) is 0 Å². The minimum Gasteiger partial charge on any atom is -0.325 e. The van der Waals surface area contributed by atoms with Crippen molar-refractivity contribution in [3.05, 3.63) is 45.2 Å². The van der Waals surface area contributed by atoms with Crippen molar-refractivity contribution >= 4 is 40.4 Å². The Hall–Kier alpha value is -2.00. The van der Waals surface area contributed by atoms with E-state index in [0.29, 0.717) is 0 Å². The largest absolute Gasteiger partial charge is 0.325 e. The number of carbonyl (C=O) groups is 1. The number of nitro benzene ring substituents is 1. The number of anilines is 1. The first-order chi connectivity index (χ1) is 9.95. The SMILES string of the molecule is Cc1csc(SCC(=O)Nc2ccc(F)c([N+](=O)[O-])c2)n1. The molecule has 0 saturated heterocycles. The number of halogens is 1. The summed E-state index contributed by atoms with van der Waals surface area (Å²) < 4.78 is 13.9. The average Bonchev–Trinajstić information content (AvgIpc) is 2.84. The van der Waals surface area contributed by atoms with Crippen LogP contribution in [0.4, 0.5) is 15.8 Å². The summed E-state index contributed by atoms with van der Waals surface area (Å²) in [5, 5.41) is 15.0. The molecule has 2 aromatic rings. The summed E-state index contributed by atoms with van der Waals surface area (Å²) in [5.41, 5.74) is 0.400. The fourth-order valence-corrected chi connectivity index (χ4v) is 3.10. The number of benzene rings is 1. The fraction of sp³-hybridized carbons (Fsp3) is 0.167. The maximum atomic E-state index is 13.2. The Bertz CT molecular complexity index is 690. The smallest absolute Gasteiger partial charge is 0.306 e. The Kier molecular flexibility index (Phi) is 4.86. The predicted molar refractivity (Wildman–Crippen MR) is 79.3 cm³/mol. The molecule has 1 heterocycles. The number of thiazole rings is 1. The molecule has 0 spiro atoms. The first-order valence-corrected chi connectivity index (χ1v) is 7.61. The van der Waals surface area contributed by atoms with Gasteiger partial charge in [0.25, 0.3) is 0 Å². The quantitative estimate of drug-likeness (QED) is 0.518. The summed E-state index contributed by atoms with van der Waals surface area (Å²) in [6, 6.07) is 3.22. The van der Waals surface area contributed by atoms with Crippen LogP contribution in [0.15, 0.2) is 27.9 Å². The Morgan fingerprint density at radius 2 is 2.33 bits per heavy atom. The van der Waals surface area contributed by atoms with E-state index in [1.165, 1.54) is 29.2 Å². The molecule has 0 saturated carbocycles. The van der Waals surface area contributed by atoms with E-state index in [2.05, 4.69) is 10.3 Å². The lowest BCUT2D eigenvalue weighted by molar-refractivity contribution is -0.387. The van der Waals surface area contributed by atoms with Crippen molar-refractivity contribution in [1.82, 2.24) is 4.98 Å². The molecule has 9 heteroatoms. The van der Waals surface area contributed by atoms with Gasteiger partial charge in [0.15, 0.2) is 4.34 Å². The van der Waals surface area contributed by atoms with Crippen LogP contribution in [0.2, 0.25) is 0 Å². The number of nitrogens with one attached hydrogen (secondary N) is 1. The van der Waals surface area contributed by atoms with Crippen molar-refractivity contribution in [1.29, 1.82) is 0 Å². The number of aromatic nitrogens is 1. The highest BCUT2D eigenvalue weighted by Crippen LogP contribution is 2.24. The lowest BCUT2D eigenvalue weighted by atomic mass is 10.2. The Morgan fingerprint density at radius 1 is 1.57 bits per heavy atom. The lowest BCUT2D eigenvalue weighted by Gasteiger charge is -2.04. The molecule has 21 heavy (non-hydrogen) atoms. The normalized spacial score (nSPS) is 10.4. The molecule has 0 unspecified atom stereocenters. The molecule has 1 aromatic carbocycles. The third kappa shape index (κ3) is 4.23. The zero-order valence-corrected chi connectivity index (χ0v) is 12.5. The molecule has 0 atom stereocenters. The Morgan fingerprint density at radius 3 is 2.95 bits per heavy atom. The number of nitrogens with zero attached hydrogens (tertiary/aromatic N) is 2. The predicted octanol–water partition coefficient (Wildman–Crippen LogP) is 3.23. The highest BCUT2D eigenvalue weighted by Gasteiger charge is 2.15. The van der Waals surface area contributed by atoms with E-state index in [4.69, 9.17) is 0 Å². The molecule has 1 aromatic heterocycles. The maximum absolute atomic E-state index is 13.2. The van der Waals surface area contributed by atoms with Gasteiger partial charge in [0.05, 0.1) is 10.7 Å². The first-order valence-electron chi connectivity index (χ1n) is 5.74. The molecule has 6 nitrogen and oxygen atoms in total. The van der Waals surface area contributed by atoms with E-state index in [9.17, 15) is 19.3 Å². The molecular weight excluding hydrogens is 317 g/mol. The van der Waals surface area contributed by atoms with Crippen LogP contribution in [-0.4, -0.2) is 21.6 Å². The second kappa shape index (κ2) is 6.64. The van der Waals surface area contributed by atoms with E-state index in [0.717, 1.165) is 22.2 Å². The third-order valence-electron chi connectivity index (χ3n) is 2.35. The van der Waals surface area contributed by atoms with Crippen molar-refractivity contribution in [3.63, 3.8) is 0 Å². The summed E-state index contributed by atoms with van der Waals surface area (Å²) in [4.78, 5) is 25.7. The number of rotatable bonds is 5. The van der Waals surface area contributed by atoms with Gasteiger partial charge in [-0.05, 0) is 19.1 Å². The van der Waals surface area contributed by atoms with Gasteiger partial charge < -0.3 is 5.32 Å². The van der Waals surface area contributed by atoms with Gasteiger partial charge in [-0.25, -0.2) is 4.98 Å². The minimum atomic E-state index is -0.939. The molecule has 110 valence electrons. The number of hydrogen-bond donors (Lipinski definition) is 1. The van der Waals surface area contributed by atoms with E-state index >= 15 is 0 Å². The first kappa shape index (κ1) is 15.4. The zero-order chi connectivity index (χ0) is 15.4.